The fourth-order valence-electron chi connectivity index (χ4n) is 2.84. The molecule has 2 aromatic rings. The van der Waals surface area contributed by atoms with Gasteiger partial charge in [-0.1, -0.05) is 37.6 Å². The summed E-state index contributed by atoms with van der Waals surface area (Å²) in [6.07, 6.45) is -3.83. The summed E-state index contributed by atoms with van der Waals surface area (Å²) in [6.45, 7) is 3.67. The van der Waals surface area contributed by atoms with Crippen molar-refractivity contribution in [2.75, 3.05) is 12.8 Å². The Morgan fingerprint density at radius 1 is 1.21 bits per heavy atom. The molecule has 0 aliphatic heterocycles. The van der Waals surface area contributed by atoms with Crippen LogP contribution in [0.1, 0.15) is 29.9 Å². The van der Waals surface area contributed by atoms with E-state index < -0.39 is 17.8 Å². The molecule has 1 heterocycles. The van der Waals surface area contributed by atoms with Gasteiger partial charge in [-0.2, -0.15) is 13.2 Å². The third-order valence-corrected chi connectivity index (χ3v) is 6.86. The molecule has 11 heteroatoms. The molecule has 0 aliphatic carbocycles. The number of carbonyl (C=O) groups is 2. The summed E-state index contributed by atoms with van der Waals surface area (Å²) in [4.78, 5) is 25.8. The number of hydrogen-bond acceptors (Lipinski definition) is 5. The molecule has 178 valence electrons. The number of amides is 2. The topological polar surface area (TPSA) is 70.2 Å². The second-order valence-corrected chi connectivity index (χ2v) is 9.31. The van der Waals surface area contributed by atoms with Gasteiger partial charge in [0.05, 0.1) is 5.70 Å². The Kier molecular flexibility index (Phi) is 9.87. The highest BCUT2D eigenvalue weighted by Gasteiger charge is 2.34. The van der Waals surface area contributed by atoms with E-state index in [1.54, 1.807) is 31.4 Å². The van der Waals surface area contributed by atoms with E-state index in [1.165, 1.54) is 23.1 Å². The maximum Gasteiger partial charge on any atom is 0.431 e. The van der Waals surface area contributed by atoms with Gasteiger partial charge in [-0.15, -0.1) is 23.1 Å². The number of nitrogens with one attached hydrogen (secondary N) is 3. The summed E-state index contributed by atoms with van der Waals surface area (Å²) in [5.74, 6) is 0.161. The zero-order valence-corrected chi connectivity index (χ0v) is 20.5. The van der Waals surface area contributed by atoms with E-state index >= 15 is 0 Å². The molecule has 33 heavy (non-hydrogen) atoms. The lowest BCUT2D eigenvalue weighted by molar-refractivity contribution is -0.116. The first-order chi connectivity index (χ1) is 15.6. The van der Waals surface area contributed by atoms with E-state index in [-0.39, 0.29) is 12.1 Å². The zero-order valence-electron chi connectivity index (χ0n) is 18.1. The van der Waals surface area contributed by atoms with Gasteiger partial charge in [-0.05, 0) is 42.0 Å². The Balaban J connectivity index is 2.49. The summed E-state index contributed by atoms with van der Waals surface area (Å²) in [5.41, 5.74) is -0.126. The first-order valence-electron chi connectivity index (χ1n) is 9.88. The summed E-state index contributed by atoms with van der Waals surface area (Å²) in [5, 5.41) is 7.64. The number of hydrogen-bond donors (Lipinski definition) is 3. The van der Waals surface area contributed by atoms with Crippen LogP contribution in [0.2, 0.25) is 5.02 Å². The van der Waals surface area contributed by atoms with Crippen LogP contribution >= 0.6 is 34.7 Å². The number of allylic oxidation sites excluding steroid dienone is 3. The standard InChI is InChI=1S/C22H23ClF3N3O2S2/c1-4-15(27-3)16(10-19(28-12-30)22(24,25)26)29-21(31)20-18(32-5-2)11-17(33-20)13-6-8-14(23)9-7-13/h6-12,27H,4-5H2,1-3H3,(H,28,30)(H,29,31)/b16-15-,19-10-. The van der Waals surface area contributed by atoms with Gasteiger partial charge >= 0.3 is 6.18 Å². The van der Waals surface area contributed by atoms with Gasteiger partial charge in [-0.3, -0.25) is 9.59 Å². The number of thiophene rings is 1. The van der Waals surface area contributed by atoms with Crippen LogP contribution in [0.15, 0.2) is 58.4 Å². The van der Waals surface area contributed by atoms with Crippen molar-refractivity contribution in [1.29, 1.82) is 0 Å². The van der Waals surface area contributed by atoms with E-state index in [0.29, 0.717) is 33.8 Å². The molecule has 5 nitrogen and oxygen atoms in total. The molecule has 1 aromatic heterocycles. The van der Waals surface area contributed by atoms with E-state index in [1.807, 2.05) is 25.1 Å². The highest BCUT2D eigenvalue weighted by molar-refractivity contribution is 7.99. The molecule has 1 aromatic carbocycles. The van der Waals surface area contributed by atoms with Gasteiger partial charge in [0.1, 0.15) is 10.6 Å². The molecule has 0 bridgehead atoms. The van der Waals surface area contributed by atoms with Crippen LogP contribution in [0.25, 0.3) is 10.4 Å². The van der Waals surface area contributed by atoms with E-state index in [4.69, 9.17) is 11.6 Å². The molecule has 0 spiro atoms. The molecule has 0 unspecified atom stereocenters. The summed E-state index contributed by atoms with van der Waals surface area (Å²) in [6, 6.07) is 9.04. The number of halogens is 4. The molecule has 3 N–H and O–H groups in total. The van der Waals surface area contributed by atoms with Crippen LogP contribution in [-0.2, 0) is 4.79 Å². The van der Waals surface area contributed by atoms with Gasteiger partial charge in [0.25, 0.3) is 5.91 Å². The lowest BCUT2D eigenvalue weighted by Gasteiger charge is -2.16. The molecule has 2 amide bonds. The predicted octanol–water partition coefficient (Wildman–Crippen LogP) is 5.94. The van der Waals surface area contributed by atoms with Crippen LogP contribution in [0.4, 0.5) is 13.2 Å². The third kappa shape index (κ3) is 7.28. The summed E-state index contributed by atoms with van der Waals surface area (Å²) in [7, 11) is 1.54. The Morgan fingerprint density at radius 2 is 1.88 bits per heavy atom. The first-order valence-corrected chi connectivity index (χ1v) is 12.1. The molecule has 0 saturated heterocycles. The Bertz CT molecular complexity index is 1040. The van der Waals surface area contributed by atoms with Crippen molar-refractivity contribution in [2.45, 2.75) is 31.3 Å². The normalized spacial score (nSPS) is 12.8. The smallest absolute Gasteiger partial charge is 0.390 e. The second-order valence-electron chi connectivity index (χ2n) is 6.51. The molecule has 0 radical (unpaired) electrons. The molecule has 0 fully saturated rings. The van der Waals surface area contributed by atoms with E-state index in [2.05, 4.69) is 10.6 Å². The lowest BCUT2D eigenvalue weighted by atomic mass is 10.2. The van der Waals surface area contributed by atoms with Crippen molar-refractivity contribution < 1.29 is 22.8 Å². The SMILES string of the molecule is CCSc1cc(-c2ccc(Cl)cc2)sc1C(=O)NC(/C=C(\NC=O)C(F)(F)F)=C(/CC)NC. The lowest BCUT2D eigenvalue weighted by Crippen LogP contribution is -2.30. The molecule has 0 saturated carbocycles. The average molecular weight is 518 g/mol. The van der Waals surface area contributed by atoms with Crippen molar-refractivity contribution in [3.63, 3.8) is 0 Å². The summed E-state index contributed by atoms with van der Waals surface area (Å²) < 4.78 is 40.0. The number of alkyl halides is 3. The Labute approximate surface area is 203 Å². The van der Waals surface area contributed by atoms with Crippen LogP contribution in [0.5, 0.6) is 0 Å². The van der Waals surface area contributed by atoms with E-state index in [0.717, 1.165) is 15.3 Å². The molecular weight excluding hydrogens is 495 g/mol. The van der Waals surface area contributed by atoms with Gasteiger partial charge in [0.2, 0.25) is 6.41 Å². The number of rotatable bonds is 10. The molecule has 0 atom stereocenters. The quantitative estimate of drug-likeness (QED) is 0.207. The number of benzene rings is 1. The van der Waals surface area contributed by atoms with Crippen molar-refractivity contribution in [3.05, 3.63) is 63.4 Å². The first kappa shape index (κ1) is 26.8. The minimum atomic E-state index is -4.81. The largest absolute Gasteiger partial charge is 0.431 e. The van der Waals surface area contributed by atoms with Gasteiger partial charge in [0.15, 0.2) is 0 Å². The fourth-order valence-corrected chi connectivity index (χ4v) is 5.04. The summed E-state index contributed by atoms with van der Waals surface area (Å²) >= 11 is 8.65. The third-order valence-electron chi connectivity index (χ3n) is 4.37. The van der Waals surface area contributed by atoms with Crippen LogP contribution in [0, 0.1) is 0 Å². The Morgan fingerprint density at radius 3 is 2.39 bits per heavy atom. The number of carbonyl (C=O) groups excluding carboxylic acids is 2. The highest BCUT2D eigenvalue weighted by atomic mass is 35.5. The molecule has 2 rings (SSSR count). The van der Waals surface area contributed by atoms with E-state index in [9.17, 15) is 22.8 Å². The van der Waals surface area contributed by atoms with Crippen LogP contribution in [-0.4, -0.2) is 31.3 Å². The monoisotopic (exact) mass is 517 g/mol. The average Bonchev–Trinajstić information content (AvgIpc) is 3.18. The molecular formula is C22H23ClF3N3O2S2. The van der Waals surface area contributed by atoms with Crippen molar-refractivity contribution in [1.82, 2.24) is 16.0 Å². The van der Waals surface area contributed by atoms with Gasteiger partial charge in [0, 0.05) is 27.5 Å². The Hall–Kier alpha value is -2.43. The second kappa shape index (κ2) is 12.2. The van der Waals surface area contributed by atoms with Gasteiger partial charge < -0.3 is 16.0 Å². The molecule has 0 aliphatic rings. The van der Waals surface area contributed by atoms with Crippen molar-refractivity contribution in [3.8, 4) is 10.4 Å². The highest BCUT2D eigenvalue weighted by Crippen LogP contribution is 2.37. The van der Waals surface area contributed by atoms with Crippen molar-refractivity contribution >= 4 is 47.0 Å². The van der Waals surface area contributed by atoms with Crippen molar-refractivity contribution in [2.24, 2.45) is 0 Å². The van der Waals surface area contributed by atoms with Crippen LogP contribution < -0.4 is 16.0 Å². The fraction of sp³-hybridized carbons (Fsp3) is 0.273. The minimum absolute atomic E-state index is 0.0581. The predicted molar refractivity (Wildman–Crippen MR) is 128 cm³/mol. The minimum Gasteiger partial charge on any atom is -0.390 e. The zero-order chi connectivity index (χ0) is 24.6. The number of thioether (sulfide) groups is 1. The van der Waals surface area contributed by atoms with Gasteiger partial charge in [-0.25, -0.2) is 0 Å². The maximum atomic E-state index is 13.3. The maximum absolute atomic E-state index is 13.3. The van der Waals surface area contributed by atoms with Crippen LogP contribution in [0.3, 0.4) is 0 Å².